The van der Waals surface area contributed by atoms with Gasteiger partial charge >= 0.3 is 0 Å². The topological polar surface area (TPSA) is 55.4 Å². The normalized spacial score (nSPS) is 17.2. The second-order valence-corrected chi connectivity index (χ2v) is 5.07. The molecule has 4 nitrogen and oxygen atoms in total. The van der Waals surface area contributed by atoms with Crippen molar-refractivity contribution in [3.8, 4) is 0 Å². The van der Waals surface area contributed by atoms with Crippen LogP contribution >= 0.6 is 0 Å². The Morgan fingerprint density at radius 1 is 1.35 bits per heavy atom. The summed E-state index contributed by atoms with van der Waals surface area (Å²) in [5, 5.41) is 2.17. The second kappa shape index (κ2) is 5.06. The Labute approximate surface area is 116 Å². The smallest absolute Gasteiger partial charge is 0.240 e. The number of carbonyl (C=O) groups excluding carboxylic acids is 2. The largest absolute Gasteiger partial charge is 0.299 e. The molecule has 1 aliphatic carbocycles. The van der Waals surface area contributed by atoms with Crippen LogP contribution in [0, 0.1) is 0 Å². The van der Waals surface area contributed by atoms with Crippen LogP contribution in [0.25, 0.3) is 10.8 Å². The van der Waals surface area contributed by atoms with Crippen LogP contribution in [0.3, 0.4) is 0 Å². The fourth-order valence-electron chi connectivity index (χ4n) is 2.40. The maximum atomic E-state index is 11.3. The Bertz CT molecular complexity index is 693. The first-order valence-corrected chi connectivity index (χ1v) is 6.58. The van der Waals surface area contributed by atoms with Gasteiger partial charge in [-0.1, -0.05) is 36.4 Å². The lowest BCUT2D eigenvalue weighted by Gasteiger charge is -2.10. The van der Waals surface area contributed by atoms with Gasteiger partial charge in [-0.05, 0) is 21.9 Å². The van der Waals surface area contributed by atoms with Crippen LogP contribution in [0.1, 0.15) is 30.4 Å². The van der Waals surface area contributed by atoms with Crippen molar-refractivity contribution < 1.29 is 14.4 Å². The number of ketones is 1. The van der Waals surface area contributed by atoms with E-state index in [-0.39, 0.29) is 24.2 Å². The van der Waals surface area contributed by atoms with E-state index < -0.39 is 0 Å². The fourth-order valence-corrected chi connectivity index (χ4v) is 2.40. The van der Waals surface area contributed by atoms with Crippen molar-refractivity contribution in [3.63, 3.8) is 0 Å². The summed E-state index contributed by atoms with van der Waals surface area (Å²) in [4.78, 5) is 27.4. The number of benzene rings is 2. The lowest BCUT2D eigenvalue weighted by Crippen LogP contribution is -2.19. The van der Waals surface area contributed by atoms with Gasteiger partial charge in [0.05, 0.1) is 0 Å². The highest BCUT2D eigenvalue weighted by atomic mass is 16.6. The number of hydroxylamine groups is 1. The quantitative estimate of drug-likeness (QED) is 0.867. The zero-order chi connectivity index (χ0) is 14.1. The minimum absolute atomic E-state index is 0.0409. The standard InChI is InChI=1S/C16H15NO3/c1-10(18)17-20-9-13-7-12(15-8-16(15)19)6-11-4-2-3-5-14(11)13/h2-7,15H,8-9H2,1H3,(H,17,18). The van der Waals surface area contributed by atoms with Crippen LogP contribution in [-0.2, 0) is 21.0 Å². The molecule has 3 rings (SSSR count). The first kappa shape index (κ1) is 12.8. The van der Waals surface area contributed by atoms with Crippen molar-refractivity contribution in [1.82, 2.24) is 5.48 Å². The summed E-state index contributed by atoms with van der Waals surface area (Å²) in [6.07, 6.45) is 0.629. The SMILES string of the molecule is CC(=O)NOCc1cc(C2CC2=O)cc2ccccc12. The van der Waals surface area contributed by atoms with Gasteiger partial charge in [0.15, 0.2) is 0 Å². The molecule has 1 N–H and O–H groups in total. The highest BCUT2D eigenvalue weighted by Crippen LogP contribution is 2.38. The summed E-state index contributed by atoms with van der Waals surface area (Å²) >= 11 is 0. The molecule has 0 heterocycles. The molecule has 0 aromatic heterocycles. The van der Waals surface area contributed by atoms with E-state index in [1.165, 1.54) is 6.92 Å². The number of fused-ring (bicyclic) bond motifs is 1. The molecule has 4 heteroatoms. The molecule has 2 aromatic rings. The van der Waals surface area contributed by atoms with E-state index in [1.807, 2.05) is 30.3 Å². The predicted octanol–water partition coefficient (Wildman–Crippen LogP) is 2.46. The van der Waals surface area contributed by atoms with Gasteiger partial charge in [-0.2, -0.15) is 0 Å². The zero-order valence-corrected chi connectivity index (χ0v) is 11.2. The lowest BCUT2D eigenvalue weighted by molar-refractivity contribution is -0.132. The monoisotopic (exact) mass is 269 g/mol. The first-order valence-electron chi connectivity index (χ1n) is 6.58. The van der Waals surface area contributed by atoms with Crippen LogP contribution < -0.4 is 5.48 Å². The molecule has 0 aliphatic heterocycles. The van der Waals surface area contributed by atoms with Crippen LogP contribution in [0.5, 0.6) is 0 Å². The molecule has 1 fully saturated rings. The van der Waals surface area contributed by atoms with Crippen molar-refractivity contribution in [2.45, 2.75) is 25.9 Å². The molecule has 1 unspecified atom stereocenters. The zero-order valence-electron chi connectivity index (χ0n) is 11.2. The van der Waals surface area contributed by atoms with Crippen molar-refractivity contribution in [2.24, 2.45) is 0 Å². The van der Waals surface area contributed by atoms with E-state index in [4.69, 9.17) is 4.84 Å². The Balaban J connectivity index is 1.94. The third-order valence-corrected chi connectivity index (χ3v) is 3.45. The molecule has 1 saturated carbocycles. The molecular formula is C16H15NO3. The van der Waals surface area contributed by atoms with Gasteiger partial charge in [0.25, 0.3) is 0 Å². The van der Waals surface area contributed by atoms with Gasteiger partial charge < -0.3 is 0 Å². The summed E-state index contributed by atoms with van der Waals surface area (Å²) in [6.45, 7) is 1.69. The van der Waals surface area contributed by atoms with Crippen LogP contribution in [0.2, 0.25) is 0 Å². The van der Waals surface area contributed by atoms with Crippen LogP contribution in [0.4, 0.5) is 0 Å². The third kappa shape index (κ3) is 2.56. The van der Waals surface area contributed by atoms with E-state index in [0.717, 1.165) is 21.9 Å². The second-order valence-electron chi connectivity index (χ2n) is 5.07. The minimum atomic E-state index is -0.233. The Morgan fingerprint density at radius 3 is 2.80 bits per heavy atom. The van der Waals surface area contributed by atoms with Crippen LogP contribution in [0.15, 0.2) is 36.4 Å². The highest BCUT2D eigenvalue weighted by Gasteiger charge is 2.36. The molecule has 102 valence electrons. The maximum Gasteiger partial charge on any atom is 0.240 e. The van der Waals surface area contributed by atoms with Gasteiger partial charge in [-0.3, -0.25) is 14.4 Å². The summed E-state index contributed by atoms with van der Waals surface area (Å²) in [5.41, 5.74) is 4.34. The first-order chi connectivity index (χ1) is 9.65. The molecule has 0 bridgehead atoms. The Hall–Kier alpha value is -2.20. The van der Waals surface area contributed by atoms with Crippen molar-refractivity contribution >= 4 is 22.5 Å². The summed E-state index contributed by atoms with van der Waals surface area (Å²) in [7, 11) is 0. The van der Waals surface area contributed by atoms with Crippen molar-refractivity contribution in [2.75, 3.05) is 0 Å². The predicted molar refractivity (Wildman–Crippen MR) is 74.9 cm³/mol. The van der Waals surface area contributed by atoms with Crippen molar-refractivity contribution in [1.29, 1.82) is 0 Å². The molecule has 2 aromatic carbocycles. The number of carbonyl (C=O) groups is 2. The summed E-state index contributed by atoms with van der Waals surface area (Å²) in [6, 6.07) is 12.0. The van der Waals surface area contributed by atoms with Crippen molar-refractivity contribution in [3.05, 3.63) is 47.5 Å². The number of nitrogens with one attached hydrogen (secondary N) is 1. The van der Waals surface area contributed by atoms with Gasteiger partial charge in [0.1, 0.15) is 12.4 Å². The lowest BCUT2D eigenvalue weighted by atomic mass is 9.99. The molecule has 20 heavy (non-hydrogen) atoms. The molecular weight excluding hydrogens is 254 g/mol. The number of hydrogen-bond donors (Lipinski definition) is 1. The summed E-state index contributed by atoms with van der Waals surface area (Å²) in [5.74, 6) is 0.0935. The molecule has 0 radical (unpaired) electrons. The van der Waals surface area contributed by atoms with E-state index in [0.29, 0.717) is 6.42 Å². The maximum absolute atomic E-state index is 11.3. The average Bonchev–Trinajstić information content (AvgIpc) is 3.15. The van der Waals surface area contributed by atoms with E-state index >= 15 is 0 Å². The number of hydrogen-bond acceptors (Lipinski definition) is 3. The third-order valence-electron chi connectivity index (χ3n) is 3.45. The van der Waals surface area contributed by atoms with E-state index in [9.17, 15) is 9.59 Å². The number of amides is 1. The minimum Gasteiger partial charge on any atom is -0.299 e. The van der Waals surface area contributed by atoms with Crippen LogP contribution in [-0.4, -0.2) is 11.7 Å². The summed E-state index contributed by atoms with van der Waals surface area (Å²) < 4.78 is 0. The molecule has 0 saturated heterocycles. The molecule has 1 amide bonds. The molecule has 1 aliphatic rings. The average molecular weight is 269 g/mol. The van der Waals surface area contributed by atoms with E-state index in [2.05, 4.69) is 11.5 Å². The fraction of sp³-hybridized carbons (Fsp3) is 0.250. The van der Waals surface area contributed by atoms with Gasteiger partial charge in [0.2, 0.25) is 5.91 Å². The van der Waals surface area contributed by atoms with Gasteiger partial charge in [-0.15, -0.1) is 0 Å². The molecule has 1 atom stereocenters. The highest BCUT2D eigenvalue weighted by molar-refractivity contribution is 6.02. The van der Waals surface area contributed by atoms with Gasteiger partial charge in [-0.25, -0.2) is 5.48 Å². The van der Waals surface area contributed by atoms with E-state index in [1.54, 1.807) is 0 Å². The number of Topliss-reactive ketones (excluding diaryl/α,β-unsaturated/α-hetero) is 1. The molecule has 0 spiro atoms. The Kier molecular flexibility index (Phi) is 3.24. The Morgan fingerprint density at radius 2 is 2.10 bits per heavy atom. The van der Waals surface area contributed by atoms with Gasteiger partial charge in [0, 0.05) is 19.3 Å². The number of rotatable bonds is 4.